The lowest BCUT2D eigenvalue weighted by Gasteiger charge is -2.30. The summed E-state index contributed by atoms with van der Waals surface area (Å²) >= 11 is 0. The van der Waals surface area contributed by atoms with Crippen LogP contribution in [-0.2, 0) is 4.74 Å². The Bertz CT molecular complexity index is 870. The number of carbonyl (C=O) groups excluding carboxylic acids is 1. The van der Waals surface area contributed by atoms with E-state index in [0.717, 1.165) is 25.7 Å². The Hall–Kier alpha value is -2.90. The van der Waals surface area contributed by atoms with Gasteiger partial charge in [-0.2, -0.15) is 0 Å². The van der Waals surface area contributed by atoms with Gasteiger partial charge in [-0.3, -0.25) is 0 Å². The van der Waals surface area contributed by atoms with Crippen molar-refractivity contribution in [3.63, 3.8) is 0 Å². The van der Waals surface area contributed by atoms with Crippen LogP contribution in [0.3, 0.4) is 0 Å². The van der Waals surface area contributed by atoms with E-state index >= 15 is 0 Å². The number of aromatic carboxylic acids is 1. The summed E-state index contributed by atoms with van der Waals surface area (Å²) in [7, 11) is 0. The second kappa shape index (κ2) is 8.00. The summed E-state index contributed by atoms with van der Waals surface area (Å²) in [4.78, 5) is 31.4. The van der Waals surface area contributed by atoms with Gasteiger partial charge in [0.25, 0.3) is 0 Å². The number of nitrogens with zero attached hydrogens (tertiary/aromatic N) is 2. The summed E-state index contributed by atoms with van der Waals surface area (Å²) in [5.41, 5.74) is 0.190. The van der Waals surface area contributed by atoms with Gasteiger partial charge < -0.3 is 19.9 Å². The van der Waals surface area contributed by atoms with Crippen molar-refractivity contribution < 1.29 is 24.2 Å². The van der Waals surface area contributed by atoms with Gasteiger partial charge in [0.05, 0.1) is 16.5 Å². The Morgan fingerprint density at radius 2 is 1.86 bits per heavy atom. The Balaban J connectivity index is 1.59. The zero-order chi connectivity index (χ0) is 20.3. The molecule has 0 spiro atoms. The van der Waals surface area contributed by atoms with Gasteiger partial charge in [0.1, 0.15) is 18.0 Å². The minimum absolute atomic E-state index is 0.0195. The first-order valence-electron chi connectivity index (χ1n) is 9.35. The van der Waals surface area contributed by atoms with Crippen LogP contribution in [0.5, 0.6) is 5.88 Å². The maximum atomic E-state index is 11.9. The van der Waals surface area contributed by atoms with E-state index in [-0.39, 0.29) is 17.7 Å². The van der Waals surface area contributed by atoms with E-state index in [9.17, 15) is 9.59 Å². The van der Waals surface area contributed by atoms with Gasteiger partial charge in [0, 0.05) is 6.04 Å². The molecule has 1 aliphatic rings. The molecular weight excluding hydrogens is 362 g/mol. The van der Waals surface area contributed by atoms with E-state index in [2.05, 4.69) is 15.3 Å². The van der Waals surface area contributed by atoms with Crippen molar-refractivity contribution in [2.24, 2.45) is 0 Å². The minimum Gasteiger partial charge on any atom is -0.478 e. The third-order valence-electron chi connectivity index (χ3n) is 4.52. The number of carbonyl (C=O) groups is 2. The van der Waals surface area contributed by atoms with Crippen molar-refractivity contribution in [2.75, 3.05) is 0 Å². The van der Waals surface area contributed by atoms with Crippen LogP contribution in [0.4, 0.5) is 4.79 Å². The Morgan fingerprint density at radius 1 is 1.14 bits per heavy atom. The highest BCUT2D eigenvalue weighted by atomic mass is 16.6. The monoisotopic (exact) mass is 387 g/mol. The molecule has 1 fully saturated rings. The highest BCUT2D eigenvalue weighted by molar-refractivity contribution is 5.94. The molecule has 2 aromatic rings. The number of amides is 1. The van der Waals surface area contributed by atoms with Crippen LogP contribution in [0.25, 0.3) is 10.9 Å². The van der Waals surface area contributed by atoms with Gasteiger partial charge in [0.2, 0.25) is 5.88 Å². The van der Waals surface area contributed by atoms with Crippen LogP contribution in [0.1, 0.15) is 56.8 Å². The van der Waals surface area contributed by atoms with E-state index in [4.69, 9.17) is 14.6 Å². The Kier molecular flexibility index (Phi) is 5.67. The van der Waals surface area contributed by atoms with Crippen LogP contribution < -0.4 is 10.1 Å². The van der Waals surface area contributed by atoms with Crippen LogP contribution in [0.15, 0.2) is 24.5 Å². The molecule has 0 aliphatic heterocycles. The molecule has 1 aliphatic carbocycles. The summed E-state index contributed by atoms with van der Waals surface area (Å²) in [6, 6.07) is 4.76. The first-order valence-corrected chi connectivity index (χ1v) is 9.35. The number of alkyl carbamates (subject to hydrolysis) is 1. The number of nitrogens with one attached hydrogen (secondary N) is 1. The fraction of sp³-hybridized carbons (Fsp3) is 0.500. The van der Waals surface area contributed by atoms with E-state index in [1.54, 1.807) is 6.07 Å². The molecule has 0 bridgehead atoms. The van der Waals surface area contributed by atoms with Crippen molar-refractivity contribution in [1.29, 1.82) is 0 Å². The average molecular weight is 387 g/mol. The maximum Gasteiger partial charge on any atom is 0.407 e. The largest absolute Gasteiger partial charge is 0.478 e. The van der Waals surface area contributed by atoms with Gasteiger partial charge in [-0.1, -0.05) is 0 Å². The van der Waals surface area contributed by atoms with Crippen LogP contribution in [0, 0.1) is 0 Å². The molecule has 150 valence electrons. The number of hydrogen-bond acceptors (Lipinski definition) is 6. The first kappa shape index (κ1) is 19.9. The number of fused-ring (bicyclic) bond motifs is 1. The smallest absolute Gasteiger partial charge is 0.407 e. The van der Waals surface area contributed by atoms with Gasteiger partial charge >= 0.3 is 12.1 Å². The third kappa shape index (κ3) is 5.09. The molecule has 1 amide bonds. The summed E-state index contributed by atoms with van der Waals surface area (Å²) in [5.74, 6) is -0.552. The fourth-order valence-electron chi connectivity index (χ4n) is 3.22. The van der Waals surface area contributed by atoms with Crippen molar-refractivity contribution in [3.8, 4) is 5.88 Å². The highest BCUT2D eigenvalue weighted by Gasteiger charge is 2.26. The summed E-state index contributed by atoms with van der Waals surface area (Å²) in [6.07, 6.45) is 4.09. The number of carboxylic acids is 1. The lowest BCUT2D eigenvalue weighted by Crippen LogP contribution is -2.42. The van der Waals surface area contributed by atoms with Gasteiger partial charge in [-0.05, 0) is 64.7 Å². The first-order chi connectivity index (χ1) is 13.2. The van der Waals surface area contributed by atoms with Crippen LogP contribution >= 0.6 is 0 Å². The van der Waals surface area contributed by atoms with E-state index < -0.39 is 17.7 Å². The molecule has 1 aromatic carbocycles. The van der Waals surface area contributed by atoms with Crippen molar-refractivity contribution >= 4 is 23.0 Å². The number of benzene rings is 1. The summed E-state index contributed by atoms with van der Waals surface area (Å²) in [6.45, 7) is 5.51. The van der Waals surface area contributed by atoms with Gasteiger partial charge in [-0.25, -0.2) is 19.6 Å². The van der Waals surface area contributed by atoms with E-state index in [0.29, 0.717) is 16.8 Å². The average Bonchev–Trinajstić information content (AvgIpc) is 2.61. The number of rotatable bonds is 4. The van der Waals surface area contributed by atoms with Gasteiger partial charge in [-0.15, -0.1) is 0 Å². The van der Waals surface area contributed by atoms with Crippen molar-refractivity contribution in [1.82, 2.24) is 15.3 Å². The van der Waals surface area contributed by atoms with Gasteiger partial charge in [0.15, 0.2) is 0 Å². The molecule has 1 heterocycles. The Labute approximate surface area is 163 Å². The van der Waals surface area contributed by atoms with Crippen LogP contribution in [-0.4, -0.2) is 44.9 Å². The molecule has 8 nitrogen and oxygen atoms in total. The standard InChI is InChI=1S/C20H25N3O5/c1-20(2,3)28-19(26)23-13-5-7-14(8-6-13)27-17-15-9-4-12(18(24)25)10-16(15)21-11-22-17/h4,9-11,13-14H,5-8H2,1-3H3,(H,23,26)(H,24,25)/t13-,14-. The molecular formula is C20H25N3O5. The molecule has 0 atom stereocenters. The molecule has 3 rings (SSSR count). The lowest BCUT2D eigenvalue weighted by atomic mass is 9.93. The highest BCUT2D eigenvalue weighted by Crippen LogP contribution is 2.28. The molecule has 1 saturated carbocycles. The van der Waals surface area contributed by atoms with Crippen LogP contribution in [0.2, 0.25) is 0 Å². The SMILES string of the molecule is CC(C)(C)OC(=O)N[C@H]1CC[C@H](Oc2ncnc3cc(C(=O)O)ccc23)CC1. The molecule has 8 heteroatoms. The quantitative estimate of drug-likeness (QED) is 0.825. The molecule has 1 aromatic heterocycles. The normalized spacial score (nSPS) is 19.8. The van der Waals surface area contributed by atoms with Crippen molar-refractivity contribution in [2.45, 2.75) is 64.2 Å². The van der Waals surface area contributed by atoms with Crippen molar-refractivity contribution in [3.05, 3.63) is 30.1 Å². The second-order valence-electron chi connectivity index (χ2n) is 7.95. The zero-order valence-corrected chi connectivity index (χ0v) is 16.3. The summed E-state index contributed by atoms with van der Waals surface area (Å²) in [5, 5.41) is 12.7. The molecule has 0 radical (unpaired) electrons. The third-order valence-corrected chi connectivity index (χ3v) is 4.52. The zero-order valence-electron chi connectivity index (χ0n) is 16.3. The van der Waals surface area contributed by atoms with E-state index in [1.807, 2.05) is 20.8 Å². The molecule has 0 saturated heterocycles. The van der Waals surface area contributed by atoms with E-state index in [1.165, 1.54) is 18.5 Å². The Morgan fingerprint density at radius 3 is 2.50 bits per heavy atom. The molecule has 2 N–H and O–H groups in total. The topological polar surface area (TPSA) is 111 Å². The second-order valence-corrected chi connectivity index (χ2v) is 7.95. The summed E-state index contributed by atoms with van der Waals surface area (Å²) < 4.78 is 11.4. The number of ether oxygens (including phenoxy) is 2. The number of carboxylic acid groups (broad SMARTS) is 1. The molecule has 0 unspecified atom stereocenters. The maximum absolute atomic E-state index is 11.9. The predicted molar refractivity (Wildman–Crippen MR) is 103 cm³/mol. The predicted octanol–water partition coefficient (Wildman–Crippen LogP) is 3.54. The number of hydrogen-bond donors (Lipinski definition) is 2. The lowest BCUT2D eigenvalue weighted by molar-refractivity contribution is 0.0469. The molecule has 28 heavy (non-hydrogen) atoms. The minimum atomic E-state index is -1.00. The fourth-order valence-corrected chi connectivity index (χ4v) is 3.22. The number of aromatic nitrogens is 2.